The second-order valence-corrected chi connectivity index (χ2v) is 3.08. The third-order valence-corrected chi connectivity index (χ3v) is 2.04. The van der Waals surface area contributed by atoms with Crippen molar-refractivity contribution >= 4 is 12.2 Å². The van der Waals surface area contributed by atoms with Crippen LogP contribution in [0.15, 0.2) is 5.10 Å². The molecule has 1 aliphatic rings. The number of rotatable bonds is 2. The number of urea groups is 1. The first-order valence-electron chi connectivity index (χ1n) is 4.35. The van der Waals surface area contributed by atoms with E-state index in [9.17, 15) is 4.79 Å². The highest BCUT2D eigenvalue weighted by Gasteiger charge is 2.11. The number of carbonyl (C=O) groups excluding carboxylic acids is 1. The third kappa shape index (κ3) is 3.42. The van der Waals surface area contributed by atoms with Crippen LogP contribution in [0.25, 0.3) is 0 Å². The number of hydrogen-bond donors (Lipinski definition) is 1. The summed E-state index contributed by atoms with van der Waals surface area (Å²) in [6.07, 6.45) is 3.71. The summed E-state index contributed by atoms with van der Waals surface area (Å²) >= 11 is 0. The van der Waals surface area contributed by atoms with Crippen molar-refractivity contribution in [2.45, 2.75) is 12.8 Å². The van der Waals surface area contributed by atoms with Gasteiger partial charge in [-0.15, -0.1) is 0 Å². The van der Waals surface area contributed by atoms with Gasteiger partial charge < -0.3 is 10.5 Å². The summed E-state index contributed by atoms with van der Waals surface area (Å²) in [5.41, 5.74) is 5.00. The Morgan fingerprint density at radius 2 is 2.23 bits per heavy atom. The van der Waals surface area contributed by atoms with Crippen LogP contribution in [-0.4, -0.2) is 37.5 Å². The number of nitrogens with two attached hydrogens (primary N) is 1. The maximum absolute atomic E-state index is 10.6. The minimum Gasteiger partial charge on any atom is -0.381 e. The van der Waals surface area contributed by atoms with Gasteiger partial charge in [0.2, 0.25) is 0 Å². The van der Waals surface area contributed by atoms with Gasteiger partial charge in [-0.3, -0.25) is 0 Å². The van der Waals surface area contributed by atoms with E-state index in [4.69, 9.17) is 10.5 Å². The summed E-state index contributed by atoms with van der Waals surface area (Å²) in [4.78, 5) is 10.6. The minimum absolute atomic E-state index is 0.413. The molecule has 1 aliphatic heterocycles. The molecule has 0 spiro atoms. The van der Waals surface area contributed by atoms with E-state index in [1.165, 1.54) is 7.05 Å². The Morgan fingerprint density at radius 1 is 1.62 bits per heavy atom. The van der Waals surface area contributed by atoms with Gasteiger partial charge in [-0.1, -0.05) is 0 Å². The molecular weight excluding hydrogens is 170 g/mol. The van der Waals surface area contributed by atoms with Gasteiger partial charge in [0.25, 0.3) is 0 Å². The first-order valence-corrected chi connectivity index (χ1v) is 4.35. The van der Waals surface area contributed by atoms with Crippen molar-refractivity contribution in [3.63, 3.8) is 0 Å². The fraction of sp³-hybridized carbons (Fsp3) is 0.750. The number of carbonyl (C=O) groups is 1. The monoisotopic (exact) mass is 185 g/mol. The number of hydrazone groups is 1. The molecule has 5 nitrogen and oxygen atoms in total. The van der Waals surface area contributed by atoms with Gasteiger partial charge >= 0.3 is 6.03 Å². The molecule has 1 fully saturated rings. The van der Waals surface area contributed by atoms with E-state index in [-0.39, 0.29) is 0 Å². The van der Waals surface area contributed by atoms with E-state index < -0.39 is 6.03 Å². The van der Waals surface area contributed by atoms with Crippen LogP contribution in [0, 0.1) is 5.92 Å². The summed E-state index contributed by atoms with van der Waals surface area (Å²) in [6, 6.07) is -0.539. The molecule has 0 aliphatic carbocycles. The largest absolute Gasteiger partial charge is 0.381 e. The molecule has 1 heterocycles. The Balaban J connectivity index is 2.33. The minimum atomic E-state index is -0.539. The van der Waals surface area contributed by atoms with Crippen molar-refractivity contribution in [1.29, 1.82) is 0 Å². The number of primary amides is 1. The second kappa shape index (κ2) is 4.81. The fourth-order valence-electron chi connectivity index (χ4n) is 1.12. The quantitative estimate of drug-likeness (QED) is 0.500. The van der Waals surface area contributed by atoms with Crippen molar-refractivity contribution in [1.82, 2.24) is 5.01 Å². The van der Waals surface area contributed by atoms with Crippen molar-refractivity contribution in [3.8, 4) is 0 Å². The Kier molecular flexibility index (Phi) is 3.70. The zero-order valence-electron chi connectivity index (χ0n) is 7.77. The molecule has 0 radical (unpaired) electrons. The first-order chi connectivity index (χ1) is 6.20. The molecule has 0 aromatic carbocycles. The van der Waals surface area contributed by atoms with E-state index >= 15 is 0 Å². The second-order valence-electron chi connectivity index (χ2n) is 3.08. The van der Waals surface area contributed by atoms with Gasteiger partial charge in [-0.05, 0) is 12.8 Å². The Labute approximate surface area is 77.5 Å². The number of amides is 2. The molecule has 13 heavy (non-hydrogen) atoms. The van der Waals surface area contributed by atoms with Gasteiger partial charge in [0, 0.05) is 32.4 Å². The van der Waals surface area contributed by atoms with E-state index in [2.05, 4.69) is 5.10 Å². The molecule has 2 amide bonds. The van der Waals surface area contributed by atoms with E-state index in [1.807, 2.05) is 0 Å². The molecule has 1 rings (SSSR count). The average molecular weight is 185 g/mol. The molecular formula is C8H15N3O2. The van der Waals surface area contributed by atoms with Gasteiger partial charge in [0.15, 0.2) is 0 Å². The van der Waals surface area contributed by atoms with Crippen molar-refractivity contribution < 1.29 is 9.53 Å². The van der Waals surface area contributed by atoms with E-state index in [0.29, 0.717) is 5.92 Å². The maximum atomic E-state index is 10.6. The predicted molar refractivity (Wildman–Crippen MR) is 49.4 cm³/mol. The van der Waals surface area contributed by atoms with Crippen LogP contribution in [0.4, 0.5) is 4.79 Å². The third-order valence-electron chi connectivity index (χ3n) is 2.04. The molecule has 0 saturated carbocycles. The molecule has 1 saturated heterocycles. The molecule has 0 aromatic rings. The number of nitrogens with zero attached hydrogens (tertiary/aromatic N) is 2. The molecule has 0 unspecified atom stereocenters. The highest BCUT2D eigenvalue weighted by molar-refractivity contribution is 5.73. The zero-order chi connectivity index (χ0) is 9.68. The smallest absolute Gasteiger partial charge is 0.334 e. The predicted octanol–water partition coefficient (Wildman–Crippen LogP) is 0.409. The Morgan fingerprint density at radius 3 is 2.77 bits per heavy atom. The lowest BCUT2D eigenvalue weighted by atomic mass is 10.0. The molecule has 5 heteroatoms. The number of hydrogen-bond acceptors (Lipinski definition) is 3. The van der Waals surface area contributed by atoms with E-state index in [0.717, 1.165) is 31.1 Å². The van der Waals surface area contributed by atoms with Crippen molar-refractivity contribution in [2.75, 3.05) is 20.3 Å². The fourth-order valence-corrected chi connectivity index (χ4v) is 1.12. The highest BCUT2D eigenvalue weighted by Crippen LogP contribution is 2.11. The van der Waals surface area contributed by atoms with Gasteiger partial charge in [-0.2, -0.15) is 5.10 Å². The lowest BCUT2D eigenvalue weighted by Crippen LogP contribution is -2.28. The molecule has 0 bridgehead atoms. The summed E-state index contributed by atoms with van der Waals surface area (Å²) in [5.74, 6) is 0.413. The zero-order valence-corrected chi connectivity index (χ0v) is 7.77. The molecule has 2 N–H and O–H groups in total. The SMILES string of the molecule is CN(/N=C/C1CCOCC1)C(N)=O. The van der Waals surface area contributed by atoms with Crippen LogP contribution in [0.3, 0.4) is 0 Å². The van der Waals surface area contributed by atoms with Crippen LogP contribution < -0.4 is 5.73 Å². The summed E-state index contributed by atoms with van der Waals surface area (Å²) in [6.45, 7) is 1.55. The van der Waals surface area contributed by atoms with Gasteiger partial charge in [0.1, 0.15) is 0 Å². The standard InChI is InChI=1S/C8H15N3O2/c1-11(8(9)12)10-6-7-2-4-13-5-3-7/h6-7H,2-5H2,1H3,(H2,9,12)/b10-6+. The Hall–Kier alpha value is -1.10. The maximum Gasteiger partial charge on any atom is 0.334 e. The molecule has 74 valence electrons. The average Bonchev–Trinajstić information content (AvgIpc) is 2.15. The molecule has 0 aromatic heterocycles. The molecule has 0 atom stereocenters. The first kappa shape index (κ1) is 9.98. The van der Waals surface area contributed by atoms with Crippen LogP contribution in [-0.2, 0) is 4.74 Å². The van der Waals surface area contributed by atoms with Crippen LogP contribution in [0.5, 0.6) is 0 Å². The summed E-state index contributed by atoms with van der Waals surface area (Å²) in [7, 11) is 1.54. The van der Waals surface area contributed by atoms with Crippen LogP contribution in [0.1, 0.15) is 12.8 Å². The summed E-state index contributed by atoms with van der Waals surface area (Å²) in [5, 5.41) is 5.06. The van der Waals surface area contributed by atoms with Crippen molar-refractivity contribution in [3.05, 3.63) is 0 Å². The highest BCUT2D eigenvalue weighted by atomic mass is 16.5. The summed E-state index contributed by atoms with van der Waals surface area (Å²) < 4.78 is 5.19. The number of ether oxygens (including phenoxy) is 1. The van der Waals surface area contributed by atoms with Gasteiger partial charge in [0.05, 0.1) is 0 Å². The topological polar surface area (TPSA) is 67.9 Å². The van der Waals surface area contributed by atoms with Gasteiger partial charge in [-0.25, -0.2) is 9.80 Å². The lowest BCUT2D eigenvalue weighted by molar-refractivity contribution is 0.0835. The van der Waals surface area contributed by atoms with Crippen LogP contribution >= 0.6 is 0 Å². The van der Waals surface area contributed by atoms with Crippen LogP contribution in [0.2, 0.25) is 0 Å². The van der Waals surface area contributed by atoms with E-state index in [1.54, 1.807) is 6.21 Å². The Bertz CT molecular complexity index is 200. The lowest BCUT2D eigenvalue weighted by Gasteiger charge is -2.18. The van der Waals surface area contributed by atoms with Crippen molar-refractivity contribution in [2.24, 2.45) is 16.8 Å². The normalized spacial score (nSPS) is 19.2.